The zero-order chi connectivity index (χ0) is 24.2. The Morgan fingerprint density at radius 2 is 1.74 bits per heavy atom. The summed E-state index contributed by atoms with van der Waals surface area (Å²) in [5.74, 6) is 0.196. The maximum atomic E-state index is 12.8. The fraction of sp³-hybridized carbons (Fsp3) is 0.222. The number of benzene rings is 2. The van der Waals surface area contributed by atoms with Crippen molar-refractivity contribution in [3.05, 3.63) is 94.1 Å². The van der Waals surface area contributed by atoms with Gasteiger partial charge in [-0.2, -0.15) is 0 Å². The number of nitrogens with zero attached hydrogens (tertiary/aromatic N) is 3. The summed E-state index contributed by atoms with van der Waals surface area (Å²) >= 11 is 6.49. The van der Waals surface area contributed by atoms with Crippen LogP contribution in [0, 0.1) is 0 Å². The van der Waals surface area contributed by atoms with Crippen molar-refractivity contribution >= 4 is 28.5 Å². The van der Waals surface area contributed by atoms with Gasteiger partial charge in [-0.3, -0.25) is 14.7 Å². The second kappa shape index (κ2) is 10.3. The molecular weight excluding hydrogens is 466 g/mol. The molecule has 0 spiro atoms. The maximum absolute atomic E-state index is 12.8. The van der Waals surface area contributed by atoms with Crippen molar-refractivity contribution in [1.29, 1.82) is 0 Å². The summed E-state index contributed by atoms with van der Waals surface area (Å²) < 4.78 is 11.2. The van der Waals surface area contributed by atoms with Gasteiger partial charge in [-0.15, -0.1) is 0 Å². The van der Waals surface area contributed by atoms with Crippen LogP contribution in [-0.4, -0.2) is 53.5 Å². The monoisotopic (exact) mass is 489 g/mol. The summed E-state index contributed by atoms with van der Waals surface area (Å²) in [7, 11) is 0. The molecule has 0 saturated carbocycles. The number of ether oxygens (including phenoxy) is 1. The molecule has 2 aromatic carbocycles. The zero-order valence-electron chi connectivity index (χ0n) is 19.0. The van der Waals surface area contributed by atoms with Crippen LogP contribution in [0.4, 0.5) is 0 Å². The summed E-state index contributed by atoms with van der Waals surface area (Å²) in [6.07, 6.45) is 3.58. The molecule has 1 fully saturated rings. The number of carbonyl (C=O) groups excluding carboxylic acids is 1. The smallest absolute Gasteiger partial charge is 0.336 e. The van der Waals surface area contributed by atoms with E-state index in [2.05, 4.69) is 9.88 Å². The van der Waals surface area contributed by atoms with Crippen molar-refractivity contribution in [3.8, 4) is 16.9 Å². The first-order valence-electron chi connectivity index (χ1n) is 11.4. The Morgan fingerprint density at radius 1 is 1.00 bits per heavy atom. The maximum Gasteiger partial charge on any atom is 0.336 e. The van der Waals surface area contributed by atoms with Gasteiger partial charge in [0.05, 0.1) is 5.02 Å². The van der Waals surface area contributed by atoms with Gasteiger partial charge in [-0.1, -0.05) is 41.9 Å². The average molecular weight is 490 g/mol. The summed E-state index contributed by atoms with van der Waals surface area (Å²) in [5, 5.41) is 1.04. The van der Waals surface area contributed by atoms with Crippen LogP contribution in [0.3, 0.4) is 0 Å². The predicted molar refractivity (Wildman–Crippen MR) is 135 cm³/mol. The van der Waals surface area contributed by atoms with Crippen molar-refractivity contribution in [2.45, 2.75) is 6.54 Å². The summed E-state index contributed by atoms with van der Waals surface area (Å²) in [6.45, 7) is 3.54. The molecule has 0 atom stereocenters. The third-order valence-corrected chi connectivity index (χ3v) is 6.41. The molecule has 1 saturated heterocycles. The first-order chi connectivity index (χ1) is 17.1. The molecule has 0 bridgehead atoms. The molecule has 178 valence electrons. The van der Waals surface area contributed by atoms with Gasteiger partial charge in [0.25, 0.3) is 5.91 Å². The minimum absolute atomic E-state index is 0.107. The number of amides is 1. The lowest BCUT2D eigenvalue weighted by Crippen LogP contribution is -2.49. The Balaban J connectivity index is 1.24. The number of carbonyl (C=O) groups is 1. The van der Waals surface area contributed by atoms with E-state index in [-0.39, 0.29) is 12.5 Å². The lowest BCUT2D eigenvalue weighted by atomic mass is 10.0. The van der Waals surface area contributed by atoms with Crippen molar-refractivity contribution in [2.75, 3.05) is 32.8 Å². The topological polar surface area (TPSA) is 75.9 Å². The molecular formula is C27H24ClN3O4. The van der Waals surface area contributed by atoms with E-state index in [4.69, 9.17) is 20.8 Å². The van der Waals surface area contributed by atoms with Crippen LogP contribution in [0.5, 0.6) is 5.75 Å². The Kier molecular flexibility index (Phi) is 6.79. The molecule has 1 aliphatic heterocycles. The number of fused-ring (bicyclic) bond motifs is 1. The number of hydrogen-bond donors (Lipinski definition) is 0. The molecule has 5 rings (SSSR count). The van der Waals surface area contributed by atoms with E-state index in [1.54, 1.807) is 29.4 Å². The molecule has 8 heteroatoms. The van der Waals surface area contributed by atoms with Gasteiger partial charge >= 0.3 is 5.63 Å². The van der Waals surface area contributed by atoms with Crippen molar-refractivity contribution in [1.82, 2.24) is 14.8 Å². The van der Waals surface area contributed by atoms with E-state index in [1.807, 2.05) is 42.5 Å². The van der Waals surface area contributed by atoms with Gasteiger partial charge in [0.1, 0.15) is 11.3 Å². The molecule has 1 aliphatic rings. The van der Waals surface area contributed by atoms with E-state index >= 15 is 0 Å². The highest BCUT2D eigenvalue weighted by molar-refractivity contribution is 6.33. The minimum atomic E-state index is -0.467. The number of halogens is 1. The molecule has 0 unspecified atom stereocenters. The van der Waals surface area contributed by atoms with Crippen molar-refractivity contribution in [2.24, 2.45) is 0 Å². The lowest BCUT2D eigenvalue weighted by molar-refractivity contribution is -0.135. The lowest BCUT2D eigenvalue weighted by Gasteiger charge is -2.34. The standard InChI is InChI=1S/C27H24ClN3O4/c28-23-14-22-21(20-4-2-1-3-5-20)15-27(33)35-24(22)16-25(23)34-18-26(32)31-12-10-30(11-13-31)17-19-6-8-29-9-7-19/h1-9,14-16H,10-13,17-18H2. The van der Waals surface area contributed by atoms with Crippen LogP contribution in [0.1, 0.15) is 5.56 Å². The second-order valence-corrected chi connectivity index (χ2v) is 8.83. The third kappa shape index (κ3) is 5.37. The quantitative estimate of drug-likeness (QED) is 0.377. The molecule has 1 amide bonds. The fourth-order valence-electron chi connectivity index (χ4n) is 4.26. The SMILES string of the molecule is O=C(COc1cc2oc(=O)cc(-c3ccccc3)c2cc1Cl)N1CCN(Cc2ccncc2)CC1. The summed E-state index contributed by atoms with van der Waals surface area (Å²) in [5.41, 5.74) is 2.70. The largest absolute Gasteiger partial charge is 0.482 e. The molecule has 4 aromatic rings. The average Bonchev–Trinajstić information content (AvgIpc) is 2.89. The molecule has 35 heavy (non-hydrogen) atoms. The van der Waals surface area contributed by atoms with Gasteiger partial charge in [0, 0.05) is 62.6 Å². The Bertz CT molecular complexity index is 1380. The van der Waals surface area contributed by atoms with E-state index in [0.29, 0.717) is 34.8 Å². The minimum Gasteiger partial charge on any atom is -0.482 e. The molecule has 0 aliphatic carbocycles. The van der Waals surface area contributed by atoms with Gasteiger partial charge in [0.2, 0.25) is 0 Å². The van der Waals surface area contributed by atoms with Crippen LogP contribution in [0.25, 0.3) is 22.1 Å². The van der Waals surface area contributed by atoms with Gasteiger partial charge < -0.3 is 14.1 Å². The van der Waals surface area contributed by atoms with Crippen molar-refractivity contribution in [3.63, 3.8) is 0 Å². The second-order valence-electron chi connectivity index (χ2n) is 8.42. The Hall–Kier alpha value is -3.68. The third-order valence-electron chi connectivity index (χ3n) is 6.11. The van der Waals surface area contributed by atoms with Crippen LogP contribution < -0.4 is 10.4 Å². The normalized spacial score (nSPS) is 14.3. The number of pyridine rings is 1. The fourth-order valence-corrected chi connectivity index (χ4v) is 4.48. The Labute approximate surface area is 207 Å². The van der Waals surface area contributed by atoms with Gasteiger partial charge in [-0.05, 0) is 34.9 Å². The molecule has 0 N–H and O–H groups in total. The Morgan fingerprint density at radius 3 is 2.49 bits per heavy atom. The summed E-state index contributed by atoms with van der Waals surface area (Å²) in [4.78, 5) is 33.1. The number of aromatic nitrogens is 1. The highest BCUT2D eigenvalue weighted by Crippen LogP contribution is 2.34. The number of rotatable bonds is 6. The van der Waals surface area contributed by atoms with Crippen LogP contribution >= 0.6 is 11.6 Å². The van der Waals surface area contributed by atoms with Crippen molar-refractivity contribution < 1.29 is 13.9 Å². The first kappa shape index (κ1) is 23.1. The molecule has 7 nitrogen and oxygen atoms in total. The van der Waals surface area contributed by atoms with E-state index < -0.39 is 5.63 Å². The van der Waals surface area contributed by atoms with Crippen LogP contribution in [0.2, 0.25) is 5.02 Å². The molecule has 3 heterocycles. The van der Waals surface area contributed by atoms with E-state index in [0.717, 1.165) is 30.8 Å². The van der Waals surface area contributed by atoms with Gasteiger partial charge in [0.15, 0.2) is 6.61 Å². The highest BCUT2D eigenvalue weighted by atomic mass is 35.5. The van der Waals surface area contributed by atoms with E-state index in [9.17, 15) is 9.59 Å². The highest BCUT2D eigenvalue weighted by Gasteiger charge is 2.22. The predicted octanol–water partition coefficient (Wildman–Crippen LogP) is 4.23. The van der Waals surface area contributed by atoms with Crippen LogP contribution in [0.15, 0.2) is 82.3 Å². The zero-order valence-corrected chi connectivity index (χ0v) is 19.8. The summed E-state index contributed by atoms with van der Waals surface area (Å²) in [6, 6.07) is 18.3. The number of hydrogen-bond acceptors (Lipinski definition) is 6. The molecule has 0 radical (unpaired) electrons. The first-order valence-corrected chi connectivity index (χ1v) is 11.8. The molecule has 2 aromatic heterocycles. The van der Waals surface area contributed by atoms with Gasteiger partial charge in [-0.25, -0.2) is 4.79 Å². The van der Waals surface area contributed by atoms with E-state index in [1.165, 1.54) is 11.6 Å². The van der Waals surface area contributed by atoms with Crippen LogP contribution in [-0.2, 0) is 11.3 Å². The number of piperazine rings is 1.